The van der Waals surface area contributed by atoms with Crippen molar-refractivity contribution in [3.05, 3.63) is 52.6 Å². The third-order valence-electron chi connectivity index (χ3n) is 3.92. The molecule has 0 aliphatic carbocycles. The summed E-state index contributed by atoms with van der Waals surface area (Å²) in [5, 5.41) is 30.4. The quantitative estimate of drug-likeness (QED) is 0.335. The van der Waals surface area contributed by atoms with Crippen LogP contribution in [-0.4, -0.2) is 66.7 Å². The Morgan fingerprint density at radius 2 is 1.89 bits per heavy atom. The molecule has 11 nitrogen and oxygen atoms in total. The maximum Gasteiger partial charge on any atom is 0.280 e. The van der Waals surface area contributed by atoms with Gasteiger partial charge in [-0.05, 0) is 12.1 Å². The van der Waals surface area contributed by atoms with E-state index in [0.29, 0.717) is 5.56 Å². The number of benzene rings is 1. The molecule has 28 heavy (non-hydrogen) atoms. The fourth-order valence-electron chi connectivity index (χ4n) is 2.53. The van der Waals surface area contributed by atoms with Gasteiger partial charge in [-0.2, -0.15) is 4.98 Å². The number of ether oxygens (including phenoxy) is 1. The van der Waals surface area contributed by atoms with E-state index >= 15 is 0 Å². The molecule has 0 saturated heterocycles. The monoisotopic (exact) mass is 389 g/mol. The molecule has 0 unspecified atom stereocenters. The molecule has 1 amide bonds. The van der Waals surface area contributed by atoms with E-state index in [2.05, 4.69) is 20.3 Å². The lowest BCUT2D eigenvalue weighted by Crippen LogP contribution is -2.29. The maximum absolute atomic E-state index is 12.3. The molecule has 0 bridgehead atoms. The Balaban J connectivity index is 1.94. The van der Waals surface area contributed by atoms with E-state index < -0.39 is 43.6 Å². The number of hydrogen-bond acceptors (Lipinski definition) is 8. The van der Waals surface area contributed by atoms with Gasteiger partial charge in [0.05, 0.1) is 26.1 Å². The van der Waals surface area contributed by atoms with E-state index in [1.54, 1.807) is 30.3 Å². The van der Waals surface area contributed by atoms with Gasteiger partial charge >= 0.3 is 0 Å². The smallest absolute Gasteiger partial charge is 0.280 e. The largest absolute Gasteiger partial charge is 0.394 e. The van der Waals surface area contributed by atoms with Crippen LogP contribution < -0.4 is 10.9 Å². The summed E-state index contributed by atoms with van der Waals surface area (Å²) >= 11 is 0. The van der Waals surface area contributed by atoms with Crippen LogP contribution in [0.5, 0.6) is 0 Å². The SMILES string of the molecule is O=C(Nc1nc2c(ncn2[C@H](CO)OC(CO)CO)c(=O)[nH]1)c1ccccc1. The van der Waals surface area contributed by atoms with Crippen LogP contribution in [0.15, 0.2) is 41.5 Å². The van der Waals surface area contributed by atoms with Crippen molar-refractivity contribution in [2.24, 2.45) is 0 Å². The van der Waals surface area contributed by atoms with E-state index in [9.17, 15) is 14.7 Å². The third kappa shape index (κ3) is 4.07. The summed E-state index contributed by atoms with van der Waals surface area (Å²) < 4.78 is 6.69. The van der Waals surface area contributed by atoms with Gasteiger partial charge in [0.1, 0.15) is 6.10 Å². The van der Waals surface area contributed by atoms with E-state index in [1.807, 2.05) is 0 Å². The van der Waals surface area contributed by atoms with Crippen molar-refractivity contribution in [3.63, 3.8) is 0 Å². The second kappa shape index (κ2) is 8.71. The molecule has 1 atom stereocenters. The number of aromatic amines is 1. The number of aromatic nitrogens is 4. The zero-order valence-corrected chi connectivity index (χ0v) is 14.6. The Hall–Kier alpha value is -3.12. The zero-order chi connectivity index (χ0) is 20.1. The molecular weight excluding hydrogens is 370 g/mol. The predicted octanol–water partition coefficient (Wildman–Crippen LogP) is -0.767. The van der Waals surface area contributed by atoms with Gasteiger partial charge in [-0.15, -0.1) is 0 Å². The summed E-state index contributed by atoms with van der Waals surface area (Å²) in [5.74, 6) is -0.574. The number of anilines is 1. The second-order valence-electron chi connectivity index (χ2n) is 5.82. The molecular formula is C17H19N5O6. The van der Waals surface area contributed by atoms with Crippen LogP contribution in [0.1, 0.15) is 16.6 Å². The summed E-state index contributed by atoms with van der Waals surface area (Å²) in [7, 11) is 0. The first-order valence-corrected chi connectivity index (χ1v) is 8.38. The first kappa shape index (κ1) is 19.6. The van der Waals surface area contributed by atoms with Crippen LogP contribution in [0.25, 0.3) is 11.2 Å². The summed E-state index contributed by atoms with van der Waals surface area (Å²) in [6.07, 6.45) is -0.752. The molecule has 0 radical (unpaired) electrons. The van der Waals surface area contributed by atoms with Gasteiger partial charge in [-0.1, -0.05) is 18.2 Å². The highest BCUT2D eigenvalue weighted by Crippen LogP contribution is 2.17. The Morgan fingerprint density at radius 1 is 1.18 bits per heavy atom. The summed E-state index contributed by atoms with van der Waals surface area (Å²) in [6, 6.07) is 8.38. The predicted molar refractivity (Wildman–Crippen MR) is 97.7 cm³/mol. The third-order valence-corrected chi connectivity index (χ3v) is 3.92. The number of carbonyl (C=O) groups excluding carboxylic acids is 1. The van der Waals surface area contributed by atoms with Gasteiger partial charge in [-0.25, -0.2) is 4.98 Å². The lowest BCUT2D eigenvalue weighted by molar-refractivity contribution is -0.110. The highest BCUT2D eigenvalue weighted by molar-refractivity contribution is 6.03. The van der Waals surface area contributed by atoms with Crippen LogP contribution in [0, 0.1) is 0 Å². The van der Waals surface area contributed by atoms with E-state index in [0.717, 1.165) is 0 Å². The average molecular weight is 389 g/mol. The molecule has 1 aromatic carbocycles. The van der Waals surface area contributed by atoms with Crippen molar-refractivity contribution in [2.75, 3.05) is 25.1 Å². The number of rotatable bonds is 8. The van der Waals surface area contributed by atoms with Gasteiger partial charge in [0.25, 0.3) is 11.5 Å². The van der Waals surface area contributed by atoms with Crippen LogP contribution in [0.4, 0.5) is 5.95 Å². The summed E-state index contributed by atoms with van der Waals surface area (Å²) in [6.45, 7) is -1.46. The van der Waals surface area contributed by atoms with Gasteiger partial charge in [0.15, 0.2) is 17.4 Å². The zero-order valence-electron chi connectivity index (χ0n) is 14.6. The number of aliphatic hydroxyl groups is 3. The van der Waals surface area contributed by atoms with Crippen molar-refractivity contribution < 1.29 is 24.9 Å². The van der Waals surface area contributed by atoms with Gasteiger partial charge in [0.2, 0.25) is 5.95 Å². The highest BCUT2D eigenvalue weighted by atomic mass is 16.5. The number of amides is 1. The van der Waals surface area contributed by atoms with Crippen molar-refractivity contribution in [3.8, 4) is 0 Å². The number of imidazole rings is 1. The highest BCUT2D eigenvalue weighted by Gasteiger charge is 2.21. The van der Waals surface area contributed by atoms with Gasteiger partial charge in [0, 0.05) is 5.56 Å². The Bertz CT molecular complexity index is 998. The number of fused-ring (bicyclic) bond motifs is 1. The first-order valence-electron chi connectivity index (χ1n) is 8.38. The van der Waals surface area contributed by atoms with Crippen LogP contribution in [-0.2, 0) is 4.74 Å². The van der Waals surface area contributed by atoms with E-state index in [4.69, 9.17) is 14.9 Å². The number of H-pyrrole nitrogens is 1. The van der Waals surface area contributed by atoms with Crippen LogP contribution >= 0.6 is 0 Å². The molecule has 0 fully saturated rings. The number of nitrogens with zero attached hydrogens (tertiary/aromatic N) is 3. The van der Waals surface area contributed by atoms with Crippen molar-refractivity contribution in [1.29, 1.82) is 0 Å². The second-order valence-corrected chi connectivity index (χ2v) is 5.82. The topological polar surface area (TPSA) is 163 Å². The van der Waals surface area contributed by atoms with E-state index in [-0.39, 0.29) is 17.1 Å². The normalized spacial score (nSPS) is 12.4. The molecule has 2 aromatic heterocycles. The summed E-state index contributed by atoms with van der Waals surface area (Å²) in [4.78, 5) is 35.1. The van der Waals surface area contributed by atoms with Gasteiger partial charge < -0.3 is 20.1 Å². The van der Waals surface area contributed by atoms with Crippen molar-refractivity contribution in [2.45, 2.75) is 12.3 Å². The number of nitrogens with one attached hydrogen (secondary N) is 2. The molecule has 11 heteroatoms. The minimum atomic E-state index is -1.05. The van der Waals surface area contributed by atoms with Gasteiger partial charge in [-0.3, -0.25) is 24.5 Å². The van der Waals surface area contributed by atoms with Crippen molar-refractivity contribution in [1.82, 2.24) is 19.5 Å². The fraction of sp³-hybridized carbons (Fsp3) is 0.294. The number of hydrogen-bond donors (Lipinski definition) is 5. The minimum Gasteiger partial charge on any atom is -0.394 e. The molecule has 5 N–H and O–H groups in total. The molecule has 0 saturated carbocycles. The Labute approximate surface area is 158 Å². The minimum absolute atomic E-state index is 0.0238. The molecule has 0 aliphatic rings. The fourth-order valence-corrected chi connectivity index (χ4v) is 2.53. The summed E-state index contributed by atoms with van der Waals surface area (Å²) in [5.41, 5.74) is -0.182. The lowest BCUT2D eigenvalue weighted by atomic mass is 10.2. The molecule has 2 heterocycles. The molecule has 148 valence electrons. The molecule has 0 spiro atoms. The molecule has 0 aliphatic heterocycles. The van der Waals surface area contributed by atoms with E-state index in [1.165, 1.54) is 10.9 Å². The average Bonchev–Trinajstić information content (AvgIpc) is 3.14. The molecule has 3 aromatic rings. The maximum atomic E-state index is 12.3. The Kier molecular flexibility index (Phi) is 6.11. The number of aliphatic hydroxyl groups excluding tert-OH is 3. The van der Waals surface area contributed by atoms with Crippen LogP contribution in [0.3, 0.4) is 0 Å². The van der Waals surface area contributed by atoms with Crippen LogP contribution in [0.2, 0.25) is 0 Å². The standard InChI is InChI=1S/C17H19N5O6/c23-6-11(7-24)28-12(8-25)22-9-18-13-14(22)19-17(21-16(13)27)20-15(26)10-4-2-1-3-5-10/h1-5,9,11-12,23-25H,6-8H2,(H2,19,20,21,26,27)/t12-/m0/s1. The number of carbonyl (C=O) groups is 1. The first-order chi connectivity index (χ1) is 13.6. The Morgan fingerprint density at radius 3 is 2.54 bits per heavy atom. The molecule has 3 rings (SSSR count). The lowest BCUT2D eigenvalue weighted by Gasteiger charge is -2.22. The van der Waals surface area contributed by atoms with Crippen molar-refractivity contribution >= 4 is 23.0 Å².